The molecule has 0 bridgehead atoms. The summed E-state index contributed by atoms with van der Waals surface area (Å²) in [6.45, 7) is 2.06. The molecule has 0 radical (unpaired) electrons. The summed E-state index contributed by atoms with van der Waals surface area (Å²) in [5, 5.41) is 0. The molecule has 0 aliphatic rings. The van der Waals surface area contributed by atoms with Gasteiger partial charge in [0.1, 0.15) is 0 Å². The van der Waals surface area contributed by atoms with Crippen LogP contribution in [0.4, 0.5) is 4.79 Å². The first kappa shape index (κ1) is 30.0. The van der Waals surface area contributed by atoms with Gasteiger partial charge in [-0.25, -0.2) is 4.79 Å². The van der Waals surface area contributed by atoms with Gasteiger partial charge in [-0.05, 0) is 0 Å². The minimum absolute atomic E-state index is 0. The molecule has 0 aromatic heterocycles. The fraction of sp³-hybridized carbons (Fsp3) is 0.400. The van der Waals surface area contributed by atoms with Crippen molar-refractivity contribution in [2.75, 3.05) is 0 Å². The van der Waals surface area contributed by atoms with Crippen molar-refractivity contribution < 1.29 is 23.9 Å². The molecule has 0 heterocycles. The van der Waals surface area contributed by atoms with E-state index in [0.717, 1.165) is 13.8 Å². The maximum atomic E-state index is 10.2. The van der Waals surface area contributed by atoms with Crippen molar-refractivity contribution in [3.8, 4) is 0 Å². The summed E-state index contributed by atoms with van der Waals surface area (Å²) in [6.07, 6.45) is -1.29. The molecule has 0 amide bonds. The van der Waals surface area contributed by atoms with Gasteiger partial charge < -0.3 is 9.47 Å². The van der Waals surface area contributed by atoms with E-state index in [-0.39, 0.29) is 118 Å². The summed E-state index contributed by atoms with van der Waals surface area (Å²) < 4.78 is 7.68. The Kier molecular flexibility index (Phi) is 38.6. The SMILES string of the molecule is CC(=O)OC(=O)OC(C)=O.[NaH].[NaH].[NaH].[NaH]. The van der Waals surface area contributed by atoms with Crippen LogP contribution in [0.15, 0.2) is 0 Å². The maximum absolute atomic E-state index is 10.2. The monoisotopic (exact) mass is 242 g/mol. The molecule has 0 fully saturated rings. The predicted molar refractivity (Wildman–Crippen MR) is 57.5 cm³/mol. The molecule has 9 heteroatoms. The van der Waals surface area contributed by atoms with E-state index >= 15 is 0 Å². The van der Waals surface area contributed by atoms with Crippen molar-refractivity contribution in [2.45, 2.75) is 13.8 Å². The number of rotatable bonds is 0. The zero-order valence-corrected chi connectivity index (χ0v) is 5.54. The molecule has 0 atom stereocenters. The van der Waals surface area contributed by atoms with Gasteiger partial charge in [-0.15, -0.1) is 0 Å². The second-order valence-electron chi connectivity index (χ2n) is 1.44. The van der Waals surface area contributed by atoms with Crippen LogP contribution in [0.1, 0.15) is 13.8 Å². The summed E-state index contributed by atoms with van der Waals surface area (Å²) in [5.41, 5.74) is 0. The summed E-state index contributed by atoms with van der Waals surface area (Å²) in [5.74, 6) is -1.63. The van der Waals surface area contributed by atoms with Gasteiger partial charge in [0.2, 0.25) is 0 Å². The van der Waals surface area contributed by atoms with E-state index in [1.165, 1.54) is 0 Å². The van der Waals surface area contributed by atoms with Gasteiger partial charge in [-0.1, -0.05) is 0 Å². The third-order valence-corrected chi connectivity index (χ3v) is 0.454. The standard InChI is InChI=1S/C5H6O5.4Na.4H/c1-3(6)9-5(8)10-4(2)7;;;;;;;;/h1-2H3;;;;;;;;. The number of ether oxygens (including phenoxy) is 2. The Morgan fingerprint density at radius 1 is 0.714 bits per heavy atom. The molecule has 0 aromatic rings. The Labute approximate surface area is 171 Å². The Balaban J connectivity index is -0.0000000675. The minimum atomic E-state index is -1.29. The van der Waals surface area contributed by atoms with Crippen LogP contribution in [-0.4, -0.2) is 136 Å². The average molecular weight is 242 g/mol. The first-order chi connectivity index (χ1) is 4.52. The van der Waals surface area contributed by atoms with Crippen molar-refractivity contribution in [1.29, 1.82) is 0 Å². The average Bonchev–Trinajstić information content (AvgIpc) is 1.58. The van der Waals surface area contributed by atoms with Crippen molar-refractivity contribution in [3.63, 3.8) is 0 Å². The van der Waals surface area contributed by atoms with Crippen molar-refractivity contribution >= 4 is 136 Å². The normalized spacial score (nSPS) is 5.86. The van der Waals surface area contributed by atoms with Gasteiger partial charge in [0.05, 0.1) is 0 Å². The third-order valence-electron chi connectivity index (χ3n) is 0.454. The molecule has 0 spiro atoms. The van der Waals surface area contributed by atoms with Gasteiger partial charge in [0.15, 0.2) is 0 Å². The van der Waals surface area contributed by atoms with E-state index in [1.807, 2.05) is 0 Å². The molecule has 5 nitrogen and oxygen atoms in total. The first-order valence-electron chi connectivity index (χ1n) is 2.43. The molecule has 0 aromatic carbocycles. The number of carbonyl (C=O) groups excluding carboxylic acids is 3. The Hall–Kier alpha value is 2.61. The fourth-order valence-electron chi connectivity index (χ4n) is 0.256. The summed E-state index contributed by atoms with van der Waals surface area (Å²) >= 11 is 0. The zero-order valence-electron chi connectivity index (χ0n) is 5.54. The molecule has 0 saturated heterocycles. The van der Waals surface area contributed by atoms with E-state index in [0.29, 0.717) is 0 Å². The van der Waals surface area contributed by atoms with Crippen LogP contribution in [0, 0.1) is 0 Å². The van der Waals surface area contributed by atoms with Gasteiger partial charge >= 0.3 is 136 Å². The molecule has 64 valence electrons. The Morgan fingerprint density at radius 2 is 0.929 bits per heavy atom. The summed E-state index contributed by atoms with van der Waals surface area (Å²) in [7, 11) is 0. The Bertz CT molecular complexity index is 165. The summed E-state index contributed by atoms with van der Waals surface area (Å²) in [6, 6.07) is 0. The molecule has 0 N–H and O–H groups in total. The van der Waals surface area contributed by atoms with Crippen LogP contribution in [0.25, 0.3) is 0 Å². The molecular weight excluding hydrogens is 232 g/mol. The molecular formula is C5H10Na4O5. The number of hydrogen-bond donors (Lipinski definition) is 0. The third kappa shape index (κ3) is 24.0. The quantitative estimate of drug-likeness (QED) is 0.270. The topological polar surface area (TPSA) is 69.7 Å². The van der Waals surface area contributed by atoms with Crippen LogP contribution < -0.4 is 0 Å². The van der Waals surface area contributed by atoms with Crippen LogP contribution in [-0.2, 0) is 19.1 Å². The summed E-state index contributed by atoms with van der Waals surface area (Å²) in [4.78, 5) is 30.2. The van der Waals surface area contributed by atoms with Gasteiger partial charge in [-0.2, -0.15) is 0 Å². The van der Waals surface area contributed by atoms with Crippen molar-refractivity contribution in [3.05, 3.63) is 0 Å². The van der Waals surface area contributed by atoms with E-state index in [2.05, 4.69) is 9.47 Å². The van der Waals surface area contributed by atoms with Gasteiger partial charge in [-0.3, -0.25) is 9.59 Å². The van der Waals surface area contributed by atoms with Crippen LogP contribution in [0.2, 0.25) is 0 Å². The van der Waals surface area contributed by atoms with E-state index in [4.69, 9.17) is 0 Å². The Morgan fingerprint density at radius 3 is 1.07 bits per heavy atom. The van der Waals surface area contributed by atoms with Crippen LogP contribution in [0.5, 0.6) is 0 Å². The zero-order chi connectivity index (χ0) is 8.15. The van der Waals surface area contributed by atoms with Crippen molar-refractivity contribution in [1.82, 2.24) is 0 Å². The van der Waals surface area contributed by atoms with E-state index in [9.17, 15) is 14.4 Å². The molecule has 0 aliphatic carbocycles. The first-order valence-corrected chi connectivity index (χ1v) is 2.43. The van der Waals surface area contributed by atoms with Gasteiger partial charge in [0, 0.05) is 13.8 Å². The van der Waals surface area contributed by atoms with Crippen LogP contribution in [0.3, 0.4) is 0 Å². The van der Waals surface area contributed by atoms with E-state index < -0.39 is 18.1 Å². The molecule has 14 heavy (non-hydrogen) atoms. The van der Waals surface area contributed by atoms with E-state index in [1.54, 1.807) is 0 Å². The molecule has 0 saturated carbocycles. The van der Waals surface area contributed by atoms with Crippen molar-refractivity contribution in [2.24, 2.45) is 0 Å². The number of hydrogen-bond acceptors (Lipinski definition) is 5. The molecule has 0 rings (SSSR count). The molecule has 0 unspecified atom stereocenters. The predicted octanol–water partition coefficient (Wildman–Crippen LogP) is -2.36. The molecule has 0 aliphatic heterocycles. The second kappa shape index (κ2) is 18.0. The number of esters is 2. The second-order valence-corrected chi connectivity index (χ2v) is 1.44. The number of carbonyl (C=O) groups is 3. The van der Waals surface area contributed by atoms with Crippen LogP contribution >= 0.6 is 0 Å². The fourth-order valence-corrected chi connectivity index (χ4v) is 0.256. The van der Waals surface area contributed by atoms with Gasteiger partial charge in [0.25, 0.3) is 0 Å².